The van der Waals surface area contributed by atoms with Gasteiger partial charge in [0.05, 0.1) is 17.9 Å². The zero-order valence-electron chi connectivity index (χ0n) is 15.4. The zero-order chi connectivity index (χ0) is 19.8. The first-order chi connectivity index (χ1) is 13.7. The Kier molecular flexibility index (Phi) is 6.36. The van der Waals surface area contributed by atoms with E-state index in [0.29, 0.717) is 29.2 Å². The van der Waals surface area contributed by atoms with E-state index in [0.717, 1.165) is 0 Å². The van der Waals surface area contributed by atoms with Crippen molar-refractivity contribution in [3.63, 3.8) is 0 Å². The van der Waals surface area contributed by atoms with Crippen LogP contribution in [0.1, 0.15) is 28.9 Å². The first-order valence-electron chi connectivity index (χ1n) is 8.87. The second-order valence-electron chi connectivity index (χ2n) is 5.85. The highest BCUT2D eigenvalue weighted by Gasteiger charge is 2.26. The van der Waals surface area contributed by atoms with Crippen molar-refractivity contribution in [1.29, 1.82) is 0 Å². The number of esters is 1. The molecule has 142 valence electrons. The first kappa shape index (κ1) is 19.1. The van der Waals surface area contributed by atoms with Crippen LogP contribution in [0.3, 0.4) is 0 Å². The standard InChI is InChI=1S/C22H20N2O4/c1-2-27-19-11-7-6-10-18(19)24-21(25)20(16-8-4-3-5-9-16)28-22(26)17-12-14-23-15-13-17/h3-15,20H,2H2,1H3,(H,24,25)/t20-/m0/s1. The van der Waals surface area contributed by atoms with Gasteiger partial charge in [-0.1, -0.05) is 42.5 Å². The average molecular weight is 376 g/mol. The molecule has 0 fully saturated rings. The highest BCUT2D eigenvalue weighted by Crippen LogP contribution is 2.27. The van der Waals surface area contributed by atoms with Crippen LogP contribution in [0.2, 0.25) is 0 Å². The summed E-state index contributed by atoms with van der Waals surface area (Å²) in [7, 11) is 0. The van der Waals surface area contributed by atoms with Crippen molar-refractivity contribution >= 4 is 17.6 Å². The number of nitrogens with zero attached hydrogens (tertiary/aromatic N) is 1. The summed E-state index contributed by atoms with van der Waals surface area (Å²) in [6, 6.07) is 19.0. The van der Waals surface area contributed by atoms with Gasteiger partial charge < -0.3 is 14.8 Å². The number of hydrogen-bond donors (Lipinski definition) is 1. The average Bonchev–Trinajstić information content (AvgIpc) is 2.74. The zero-order valence-corrected chi connectivity index (χ0v) is 15.4. The SMILES string of the molecule is CCOc1ccccc1NC(=O)[C@@H](OC(=O)c1ccncc1)c1ccccc1. The van der Waals surface area contributed by atoms with E-state index in [-0.39, 0.29) is 0 Å². The van der Waals surface area contributed by atoms with Crippen molar-refractivity contribution in [2.75, 3.05) is 11.9 Å². The molecule has 1 heterocycles. The van der Waals surface area contributed by atoms with Crippen LogP contribution in [0, 0.1) is 0 Å². The van der Waals surface area contributed by atoms with E-state index >= 15 is 0 Å². The minimum atomic E-state index is -1.11. The third-order valence-electron chi connectivity index (χ3n) is 3.93. The van der Waals surface area contributed by atoms with Crippen LogP contribution in [-0.2, 0) is 9.53 Å². The predicted molar refractivity (Wildman–Crippen MR) is 105 cm³/mol. The first-order valence-corrected chi connectivity index (χ1v) is 8.87. The van der Waals surface area contributed by atoms with E-state index in [1.165, 1.54) is 24.5 Å². The van der Waals surface area contributed by atoms with Crippen molar-refractivity contribution in [2.24, 2.45) is 0 Å². The van der Waals surface area contributed by atoms with Gasteiger partial charge in [-0.05, 0) is 31.2 Å². The lowest BCUT2D eigenvalue weighted by Crippen LogP contribution is -2.26. The second kappa shape index (κ2) is 9.32. The topological polar surface area (TPSA) is 77.5 Å². The molecule has 2 aromatic carbocycles. The minimum Gasteiger partial charge on any atom is -0.492 e. The second-order valence-corrected chi connectivity index (χ2v) is 5.85. The van der Waals surface area contributed by atoms with E-state index in [2.05, 4.69) is 10.3 Å². The summed E-state index contributed by atoms with van der Waals surface area (Å²) in [5.74, 6) is -0.532. The highest BCUT2D eigenvalue weighted by atomic mass is 16.5. The maximum atomic E-state index is 13.0. The molecule has 0 unspecified atom stereocenters. The van der Waals surface area contributed by atoms with E-state index in [1.54, 1.807) is 42.5 Å². The number of hydrogen-bond acceptors (Lipinski definition) is 5. The third kappa shape index (κ3) is 4.73. The number of nitrogens with one attached hydrogen (secondary N) is 1. The van der Waals surface area contributed by atoms with Gasteiger partial charge in [0.1, 0.15) is 5.75 Å². The number of para-hydroxylation sites is 2. The van der Waals surface area contributed by atoms with E-state index in [4.69, 9.17) is 9.47 Å². The molecule has 0 aliphatic heterocycles. The fourth-order valence-electron chi connectivity index (χ4n) is 2.61. The molecule has 3 aromatic rings. The smallest absolute Gasteiger partial charge is 0.339 e. The van der Waals surface area contributed by atoms with Gasteiger partial charge in [-0.25, -0.2) is 4.79 Å². The molecule has 1 amide bonds. The summed E-state index contributed by atoms with van der Waals surface area (Å²) < 4.78 is 11.1. The molecule has 28 heavy (non-hydrogen) atoms. The van der Waals surface area contributed by atoms with Crippen LogP contribution in [0.25, 0.3) is 0 Å². The number of ether oxygens (including phenoxy) is 2. The normalized spacial score (nSPS) is 11.3. The summed E-state index contributed by atoms with van der Waals surface area (Å²) in [6.07, 6.45) is 1.87. The van der Waals surface area contributed by atoms with Crippen molar-refractivity contribution in [3.8, 4) is 5.75 Å². The Morgan fingerprint density at radius 3 is 2.36 bits per heavy atom. The fraction of sp³-hybridized carbons (Fsp3) is 0.136. The lowest BCUT2D eigenvalue weighted by atomic mass is 10.1. The molecule has 1 aromatic heterocycles. The Balaban J connectivity index is 1.85. The van der Waals surface area contributed by atoms with E-state index < -0.39 is 18.0 Å². The Hall–Kier alpha value is -3.67. The molecule has 0 radical (unpaired) electrons. The van der Waals surface area contributed by atoms with Gasteiger partial charge in [0.2, 0.25) is 6.10 Å². The lowest BCUT2D eigenvalue weighted by molar-refractivity contribution is -0.125. The number of benzene rings is 2. The molecule has 0 saturated heterocycles. The van der Waals surface area contributed by atoms with Gasteiger partial charge >= 0.3 is 5.97 Å². The lowest BCUT2D eigenvalue weighted by Gasteiger charge is -2.19. The molecule has 0 spiro atoms. The molecular formula is C22H20N2O4. The van der Waals surface area contributed by atoms with Crippen LogP contribution in [0.15, 0.2) is 79.1 Å². The van der Waals surface area contributed by atoms with Crippen LogP contribution in [0.4, 0.5) is 5.69 Å². The van der Waals surface area contributed by atoms with Gasteiger partial charge in [0.15, 0.2) is 0 Å². The number of aromatic nitrogens is 1. The molecule has 3 rings (SSSR count). The van der Waals surface area contributed by atoms with Crippen LogP contribution in [-0.4, -0.2) is 23.5 Å². The van der Waals surface area contributed by atoms with Crippen molar-refractivity contribution in [3.05, 3.63) is 90.3 Å². The quantitative estimate of drug-likeness (QED) is 0.630. The summed E-state index contributed by atoms with van der Waals surface area (Å²) in [5.41, 5.74) is 1.39. The molecule has 0 aliphatic carbocycles. The molecule has 0 aliphatic rings. The Bertz CT molecular complexity index is 930. The molecule has 0 bridgehead atoms. The van der Waals surface area contributed by atoms with Crippen LogP contribution in [0.5, 0.6) is 5.75 Å². The van der Waals surface area contributed by atoms with Crippen molar-refractivity contribution in [2.45, 2.75) is 13.0 Å². The monoisotopic (exact) mass is 376 g/mol. The van der Waals surface area contributed by atoms with E-state index in [1.807, 2.05) is 19.1 Å². The number of carbonyl (C=O) groups excluding carboxylic acids is 2. The van der Waals surface area contributed by atoms with Gasteiger partial charge in [0.25, 0.3) is 5.91 Å². The molecule has 1 N–H and O–H groups in total. The largest absolute Gasteiger partial charge is 0.492 e. The summed E-state index contributed by atoms with van der Waals surface area (Å²) >= 11 is 0. The molecule has 1 atom stereocenters. The Morgan fingerprint density at radius 2 is 1.64 bits per heavy atom. The third-order valence-corrected chi connectivity index (χ3v) is 3.93. The maximum Gasteiger partial charge on any atom is 0.339 e. The van der Waals surface area contributed by atoms with Gasteiger partial charge in [-0.3, -0.25) is 9.78 Å². The van der Waals surface area contributed by atoms with Crippen LogP contribution >= 0.6 is 0 Å². The van der Waals surface area contributed by atoms with Crippen molar-refractivity contribution in [1.82, 2.24) is 4.98 Å². The number of amides is 1. The van der Waals surface area contributed by atoms with E-state index in [9.17, 15) is 9.59 Å². The molecule has 6 nitrogen and oxygen atoms in total. The molecular weight excluding hydrogens is 356 g/mol. The molecule has 0 saturated carbocycles. The number of pyridine rings is 1. The van der Waals surface area contributed by atoms with Gasteiger partial charge in [-0.15, -0.1) is 0 Å². The predicted octanol–water partition coefficient (Wildman–Crippen LogP) is 4.02. The summed E-state index contributed by atoms with van der Waals surface area (Å²) in [4.78, 5) is 29.4. The Morgan fingerprint density at radius 1 is 0.964 bits per heavy atom. The van der Waals surface area contributed by atoms with Gasteiger partial charge in [0, 0.05) is 18.0 Å². The minimum absolute atomic E-state index is 0.318. The highest BCUT2D eigenvalue weighted by molar-refractivity contribution is 5.98. The summed E-state index contributed by atoms with van der Waals surface area (Å²) in [6.45, 7) is 2.33. The fourth-order valence-corrected chi connectivity index (χ4v) is 2.61. The number of anilines is 1. The molecule has 6 heteroatoms. The van der Waals surface area contributed by atoms with Crippen molar-refractivity contribution < 1.29 is 19.1 Å². The van der Waals surface area contributed by atoms with Crippen LogP contribution < -0.4 is 10.1 Å². The number of rotatable bonds is 7. The Labute approximate surface area is 163 Å². The number of carbonyl (C=O) groups is 2. The van der Waals surface area contributed by atoms with Gasteiger partial charge in [-0.2, -0.15) is 0 Å². The summed E-state index contributed by atoms with van der Waals surface area (Å²) in [5, 5.41) is 2.80. The maximum absolute atomic E-state index is 13.0.